The molecule has 12 heteroatoms. The number of amides is 3. The molecule has 0 fully saturated rings. The molecule has 0 aliphatic carbocycles. The number of hydrogen-bond acceptors (Lipinski definition) is 8. The van der Waals surface area contributed by atoms with Gasteiger partial charge in [0.25, 0.3) is 0 Å². The topological polar surface area (TPSA) is 197 Å². The van der Waals surface area contributed by atoms with Crippen LogP contribution in [0.3, 0.4) is 0 Å². The Morgan fingerprint density at radius 3 is 1.94 bits per heavy atom. The summed E-state index contributed by atoms with van der Waals surface area (Å²) < 4.78 is 0. The second-order valence-corrected chi connectivity index (χ2v) is 13.2. The van der Waals surface area contributed by atoms with Gasteiger partial charge in [0.05, 0.1) is 12.1 Å². The number of carbonyl (C=O) groups is 4. The zero-order valence-corrected chi connectivity index (χ0v) is 29.1. The zero-order chi connectivity index (χ0) is 36.5. The fraction of sp³-hybridized carbons (Fsp3) is 0.421. The van der Waals surface area contributed by atoms with Gasteiger partial charge in [-0.1, -0.05) is 98.8 Å². The molecule has 0 saturated carbocycles. The number of nitrogens with two attached hydrogens (primary N) is 2. The normalized spacial score (nSPS) is 13.5. The molecule has 0 bridgehead atoms. The van der Waals surface area contributed by atoms with Crippen LogP contribution in [0.5, 0.6) is 0 Å². The van der Waals surface area contributed by atoms with Crippen LogP contribution in [0.2, 0.25) is 0 Å². The van der Waals surface area contributed by atoms with E-state index in [9.17, 15) is 29.2 Å². The van der Waals surface area contributed by atoms with E-state index in [1.807, 2.05) is 74.5 Å². The van der Waals surface area contributed by atoms with E-state index < -0.39 is 48.9 Å². The van der Waals surface area contributed by atoms with Gasteiger partial charge in [-0.2, -0.15) is 0 Å². The Labute approximate surface area is 295 Å². The number of unbranched alkanes of at least 4 members (excludes halogenated alkanes) is 1. The third kappa shape index (κ3) is 13.9. The molecule has 0 aromatic heterocycles. The molecule has 0 unspecified atom stereocenters. The van der Waals surface area contributed by atoms with Crippen molar-refractivity contribution in [2.75, 3.05) is 6.54 Å². The summed E-state index contributed by atoms with van der Waals surface area (Å²) in [6.45, 7) is 4.47. The first-order valence-electron chi connectivity index (χ1n) is 17.4. The molecule has 3 aromatic carbocycles. The molecule has 11 nitrogen and oxygen atoms in total. The van der Waals surface area contributed by atoms with Gasteiger partial charge in [-0.15, -0.1) is 0 Å². The number of Topliss-reactive ketones (excluding diaryl/α,β-unsaturated/α-hetero) is 1. The van der Waals surface area contributed by atoms with Crippen LogP contribution in [0, 0.1) is 11.8 Å². The summed E-state index contributed by atoms with van der Waals surface area (Å²) in [4.78, 5) is 54.4. The van der Waals surface area contributed by atoms with Crippen molar-refractivity contribution < 1.29 is 29.2 Å². The molecule has 0 heterocycles. The van der Waals surface area contributed by atoms with Crippen molar-refractivity contribution in [3.63, 3.8) is 0 Å². The molecule has 0 aliphatic heterocycles. The van der Waals surface area contributed by atoms with Crippen molar-refractivity contribution >= 4 is 36.1 Å². The molecule has 50 heavy (non-hydrogen) atoms. The van der Waals surface area contributed by atoms with Gasteiger partial charge in [-0.25, -0.2) is 0 Å². The second-order valence-electron chi connectivity index (χ2n) is 13.2. The van der Waals surface area contributed by atoms with Crippen molar-refractivity contribution in [3.05, 3.63) is 102 Å². The van der Waals surface area contributed by atoms with E-state index in [2.05, 4.69) is 16.0 Å². The molecule has 4 atom stereocenters. The monoisotopic (exact) mass is 685 g/mol. The molecule has 268 valence electrons. The first kappa shape index (κ1) is 40.1. The average molecular weight is 686 g/mol. The third-order valence-electron chi connectivity index (χ3n) is 8.49. The van der Waals surface area contributed by atoms with Gasteiger partial charge in [-0.3, -0.25) is 19.2 Å². The van der Waals surface area contributed by atoms with E-state index in [1.54, 1.807) is 24.3 Å². The van der Waals surface area contributed by atoms with Crippen molar-refractivity contribution in [3.8, 4) is 0 Å². The van der Waals surface area contributed by atoms with Gasteiger partial charge >= 0.3 is 7.12 Å². The number of hydrogen-bond donors (Lipinski definition) is 7. The van der Waals surface area contributed by atoms with Crippen LogP contribution in [-0.4, -0.2) is 65.3 Å². The average Bonchev–Trinajstić information content (AvgIpc) is 3.10. The Bertz CT molecular complexity index is 1510. The lowest BCUT2D eigenvalue weighted by Gasteiger charge is -2.26. The molecular formula is C38H52BN5O6. The molecule has 0 aliphatic rings. The second kappa shape index (κ2) is 21.0. The van der Waals surface area contributed by atoms with Gasteiger partial charge in [0, 0.05) is 18.9 Å². The Hall–Kier alpha value is -4.36. The van der Waals surface area contributed by atoms with Crippen LogP contribution in [0.4, 0.5) is 0 Å². The largest absolute Gasteiger partial charge is 0.488 e. The standard InChI is InChI=1S/C38H52BN5O6/c1-26(2)20-30(36(46)43-33(18-9-10-19-40)38(48)42-25-29-16-11-17-31(21-29)39(49)50)24-35(45)34(23-28-14-7-4-8-15-28)44-37(47)32(41)22-27-12-5-3-6-13-27/h3-8,11-17,21,26,30,32-34,49-50H,9-10,18-20,22-25,40-41H2,1-2H3,(H,42,48)(H,43,46)(H,44,47)/t30-,32+,33+,34+/m0/s1. The fourth-order valence-corrected chi connectivity index (χ4v) is 5.80. The van der Waals surface area contributed by atoms with Crippen LogP contribution in [0.25, 0.3) is 0 Å². The van der Waals surface area contributed by atoms with E-state index in [-0.39, 0.29) is 31.1 Å². The summed E-state index contributed by atoms with van der Waals surface area (Å²) in [6.07, 6.45) is 2.41. The van der Waals surface area contributed by atoms with Crippen LogP contribution in [0.1, 0.15) is 62.6 Å². The SMILES string of the molecule is CC(C)C[C@@H](CC(=O)[C@@H](Cc1ccccc1)NC(=O)[C@H](N)Cc1ccccc1)C(=O)N[C@H](CCCCN)C(=O)NCc1cccc(B(O)O)c1. The van der Waals surface area contributed by atoms with Crippen molar-refractivity contribution in [2.45, 2.75) is 83.5 Å². The molecular weight excluding hydrogens is 633 g/mol. The maximum absolute atomic E-state index is 14.0. The highest BCUT2D eigenvalue weighted by molar-refractivity contribution is 6.58. The maximum Gasteiger partial charge on any atom is 0.488 e. The van der Waals surface area contributed by atoms with Crippen molar-refractivity contribution in [1.82, 2.24) is 16.0 Å². The van der Waals surface area contributed by atoms with E-state index in [4.69, 9.17) is 11.5 Å². The third-order valence-corrected chi connectivity index (χ3v) is 8.49. The molecule has 9 N–H and O–H groups in total. The first-order chi connectivity index (χ1) is 24.0. The molecule has 0 radical (unpaired) electrons. The van der Waals surface area contributed by atoms with Crippen LogP contribution >= 0.6 is 0 Å². The Kier molecular flexibility index (Phi) is 16.8. The lowest BCUT2D eigenvalue weighted by molar-refractivity contribution is -0.134. The Balaban J connectivity index is 1.75. The van der Waals surface area contributed by atoms with Crippen molar-refractivity contribution in [1.29, 1.82) is 0 Å². The lowest BCUT2D eigenvalue weighted by Crippen LogP contribution is -2.51. The van der Waals surface area contributed by atoms with Gasteiger partial charge < -0.3 is 37.5 Å². The maximum atomic E-state index is 14.0. The Morgan fingerprint density at radius 2 is 1.34 bits per heavy atom. The minimum atomic E-state index is -1.64. The number of nitrogens with one attached hydrogen (secondary N) is 3. The van der Waals surface area contributed by atoms with Gasteiger partial charge in [0.15, 0.2) is 5.78 Å². The summed E-state index contributed by atoms with van der Waals surface area (Å²) in [5, 5.41) is 27.6. The molecule has 0 saturated heterocycles. The number of ketones is 1. The van der Waals surface area contributed by atoms with Gasteiger partial charge in [-0.05, 0) is 73.1 Å². The van der Waals surface area contributed by atoms with Crippen LogP contribution in [0.15, 0.2) is 84.9 Å². The van der Waals surface area contributed by atoms with E-state index in [0.717, 1.165) is 11.1 Å². The molecule has 3 rings (SSSR count). The minimum absolute atomic E-state index is 0.0682. The minimum Gasteiger partial charge on any atom is -0.423 e. The predicted octanol–water partition coefficient (Wildman–Crippen LogP) is 1.52. The predicted molar refractivity (Wildman–Crippen MR) is 196 cm³/mol. The summed E-state index contributed by atoms with van der Waals surface area (Å²) in [7, 11) is -1.64. The number of benzene rings is 3. The number of rotatable bonds is 21. The van der Waals surface area contributed by atoms with E-state index in [1.165, 1.54) is 0 Å². The quantitative estimate of drug-likeness (QED) is 0.0647. The van der Waals surface area contributed by atoms with Gasteiger partial charge in [0.2, 0.25) is 17.7 Å². The molecule has 3 aromatic rings. The highest BCUT2D eigenvalue weighted by Crippen LogP contribution is 2.19. The fourth-order valence-electron chi connectivity index (χ4n) is 5.80. The molecule has 0 spiro atoms. The first-order valence-corrected chi connectivity index (χ1v) is 17.4. The zero-order valence-electron chi connectivity index (χ0n) is 29.1. The van der Waals surface area contributed by atoms with Crippen LogP contribution in [-0.2, 0) is 38.6 Å². The van der Waals surface area contributed by atoms with E-state index >= 15 is 0 Å². The summed E-state index contributed by atoms with van der Waals surface area (Å²) >= 11 is 0. The Morgan fingerprint density at radius 1 is 0.740 bits per heavy atom. The van der Waals surface area contributed by atoms with E-state index in [0.29, 0.717) is 49.7 Å². The van der Waals surface area contributed by atoms with Crippen molar-refractivity contribution in [2.24, 2.45) is 23.3 Å². The summed E-state index contributed by atoms with van der Waals surface area (Å²) in [5.74, 6) is -2.26. The summed E-state index contributed by atoms with van der Waals surface area (Å²) in [5.41, 5.74) is 14.7. The number of carbonyl (C=O) groups excluding carboxylic acids is 4. The highest BCUT2D eigenvalue weighted by Gasteiger charge is 2.31. The van der Waals surface area contributed by atoms with Gasteiger partial charge in [0.1, 0.15) is 6.04 Å². The molecule has 3 amide bonds. The smallest absolute Gasteiger partial charge is 0.423 e. The highest BCUT2D eigenvalue weighted by atomic mass is 16.4. The lowest BCUT2D eigenvalue weighted by atomic mass is 9.79. The summed E-state index contributed by atoms with van der Waals surface area (Å²) in [6, 6.07) is 22.6. The van der Waals surface area contributed by atoms with Crippen LogP contribution < -0.4 is 32.9 Å².